The normalized spacial score (nSPS) is 17.3. The van der Waals surface area contributed by atoms with E-state index in [0.717, 1.165) is 29.1 Å². The molecule has 1 saturated heterocycles. The minimum atomic E-state index is -1.18. The van der Waals surface area contributed by atoms with E-state index >= 15 is 0 Å². The summed E-state index contributed by atoms with van der Waals surface area (Å²) in [7, 11) is 2.61. The summed E-state index contributed by atoms with van der Waals surface area (Å²) < 4.78 is 0. The van der Waals surface area contributed by atoms with Crippen molar-refractivity contribution in [3.05, 3.63) is 0 Å². The van der Waals surface area contributed by atoms with Gasteiger partial charge in [-0.1, -0.05) is 19.8 Å². The van der Waals surface area contributed by atoms with Gasteiger partial charge >= 0.3 is 6.03 Å². The molecule has 0 aromatic heterocycles. The van der Waals surface area contributed by atoms with Gasteiger partial charge in [-0.3, -0.25) is 24.2 Å². The van der Waals surface area contributed by atoms with Crippen molar-refractivity contribution < 1.29 is 19.2 Å². The molecule has 8 nitrogen and oxygen atoms in total. The largest absolute Gasteiger partial charge is 0.332 e. The highest BCUT2D eigenvalue weighted by molar-refractivity contribution is 6.26. The number of rotatable bonds is 6. The third-order valence-electron chi connectivity index (χ3n) is 3.51. The van der Waals surface area contributed by atoms with Gasteiger partial charge in [0.15, 0.2) is 5.92 Å². The topological polar surface area (TPSA) is 99.2 Å². The van der Waals surface area contributed by atoms with Gasteiger partial charge in [0.1, 0.15) is 0 Å². The molecule has 0 aliphatic carbocycles. The number of unbranched alkanes of at least 4 members (excludes halogenated alkanes) is 2. The Bertz CT molecular complexity index is 491. The van der Waals surface area contributed by atoms with Crippen LogP contribution >= 0.6 is 0 Å². The van der Waals surface area contributed by atoms with Crippen LogP contribution < -0.4 is 5.43 Å². The predicted molar refractivity (Wildman–Crippen MR) is 79.8 cm³/mol. The van der Waals surface area contributed by atoms with E-state index in [4.69, 9.17) is 0 Å². The molecule has 1 heterocycles. The zero-order chi connectivity index (χ0) is 16.9. The van der Waals surface area contributed by atoms with Gasteiger partial charge < -0.3 is 0 Å². The summed E-state index contributed by atoms with van der Waals surface area (Å²) >= 11 is 0. The number of hydrazone groups is 1. The molecule has 0 aromatic rings. The average Bonchev–Trinajstić information content (AvgIpc) is 2.49. The lowest BCUT2D eigenvalue weighted by molar-refractivity contribution is -0.144. The predicted octanol–water partition coefficient (Wildman–Crippen LogP) is 0.725. The number of carbonyl (C=O) groups excluding carboxylic acids is 4. The Morgan fingerprint density at radius 1 is 1.14 bits per heavy atom. The molecule has 1 rings (SSSR count). The zero-order valence-corrected chi connectivity index (χ0v) is 13.4. The van der Waals surface area contributed by atoms with E-state index in [9.17, 15) is 19.2 Å². The Morgan fingerprint density at radius 2 is 1.68 bits per heavy atom. The Balaban J connectivity index is 2.74. The van der Waals surface area contributed by atoms with Gasteiger partial charge in [-0.2, -0.15) is 5.10 Å². The molecule has 5 amide bonds. The molecule has 0 saturated carbocycles. The number of nitrogens with one attached hydrogen (secondary N) is 1. The fourth-order valence-corrected chi connectivity index (χ4v) is 2.07. The monoisotopic (exact) mass is 310 g/mol. The minimum absolute atomic E-state index is 0.157. The molecule has 122 valence electrons. The molecular formula is C14H22N4O4. The molecule has 0 unspecified atom stereocenters. The van der Waals surface area contributed by atoms with E-state index in [2.05, 4.69) is 10.5 Å². The van der Waals surface area contributed by atoms with Crippen molar-refractivity contribution in [2.45, 2.75) is 39.5 Å². The minimum Gasteiger partial charge on any atom is -0.273 e. The van der Waals surface area contributed by atoms with Gasteiger partial charge in [-0.15, -0.1) is 0 Å². The molecule has 0 spiro atoms. The van der Waals surface area contributed by atoms with Gasteiger partial charge in [0, 0.05) is 20.5 Å². The van der Waals surface area contributed by atoms with Crippen molar-refractivity contribution in [1.82, 2.24) is 15.2 Å². The van der Waals surface area contributed by atoms with Crippen LogP contribution in [0.3, 0.4) is 0 Å². The second-order valence-electron chi connectivity index (χ2n) is 5.26. The molecule has 0 atom stereocenters. The van der Waals surface area contributed by atoms with Crippen LogP contribution in [0.15, 0.2) is 5.10 Å². The number of imide groups is 2. The maximum Gasteiger partial charge on any atom is 0.332 e. The van der Waals surface area contributed by atoms with Crippen LogP contribution in [0.4, 0.5) is 4.79 Å². The maximum atomic E-state index is 12.1. The Morgan fingerprint density at radius 3 is 2.18 bits per heavy atom. The lowest BCUT2D eigenvalue weighted by atomic mass is 9.99. The van der Waals surface area contributed by atoms with Gasteiger partial charge in [0.05, 0.1) is 5.71 Å². The highest BCUT2D eigenvalue weighted by Crippen LogP contribution is 2.16. The number of barbiturate groups is 1. The van der Waals surface area contributed by atoms with E-state index in [1.807, 2.05) is 6.92 Å². The van der Waals surface area contributed by atoms with E-state index in [1.165, 1.54) is 21.0 Å². The lowest BCUT2D eigenvalue weighted by Gasteiger charge is -2.32. The molecule has 8 heteroatoms. The quantitative estimate of drug-likeness (QED) is 0.338. The summed E-state index contributed by atoms with van der Waals surface area (Å²) in [5.41, 5.74) is 2.50. The third-order valence-corrected chi connectivity index (χ3v) is 3.51. The van der Waals surface area contributed by atoms with Gasteiger partial charge in [-0.25, -0.2) is 10.2 Å². The second-order valence-corrected chi connectivity index (χ2v) is 5.26. The van der Waals surface area contributed by atoms with Crippen molar-refractivity contribution >= 4 is 29.5 Å². The molecule has 0 bridgehead atoms. The molecule has 0 aromatic carbocycles. The Labute approximate surface area is 129 Å². The van der Waals surface area contributed by atoms with E-state index in [1.54, 1.807) is 0 Å². The number of amides is 5. The van der Waals surface area contributed by atoms with Gasteiger partial charge in [0.2, 0.25) is 17.7 Å². The molecule has 0 radical (unpaired) electrons. The van der Waals surface area contributed by atoms with Crippen LogP contribution in [0.25, 0.3) is 0 Å². The Kier molecular flexibility index (Phi) is 6.21. The average molecular weight is 310 g/mol. The zero-order valence-electron chi connectivity index (χ0n) is 13.4. The summed E-state index contributed by atoms with van der Waals surface area (Å²) in [5.74, 6) is -2.73. The van der Waals surface area contributed by atoms with Crippen molar-refractivity contribution in [3.8, 4) is 0 Å². The van der Waals surface area contributed by atoms with Crippen LogP contribution in [0, 0.1) is 5.92 Å². The summed E-state index contributed by atoms with van der Waals surface area (Å²) in [6, 6.07) is -0.678. The van der Waals surface area contributed by atoms with Crippen molar-refractivity contribution in [3.63, 3.8) is 0 Å². The van der Waals surface area contributed by atoms with Crippen LogP contribution in [-0.2, 0) is 14.4 Å². The molecule has 1 fully saturated rings. The third kappa shape index (κ3) is 3.90. The molecule has 1 aliphatic heterocycles. The molecule has 22 heavy (non-hydrogen) atoms. The molecular weight excluding hydrogens is 288 g/mol. The first-order chi connectivity index (χ1) is 10.3. The number of urea groups is 1. The number of hydrogen-bond donors (Lipinski definition) is 1. The summed E-state index contributed by atoms with van der Waals surface area (Å²) in [4.78, 5) is 49.1. The highest BCUT2D eigenvalue weighted by atomic mass is 16.2. The van der Waals surface area contributed by atoms with Crippen LogP contribution in [0.5, 0.6) is 0 Å². The number of nitrogens with zero attached hydrogens (tertiary/aromatic N) is 3. The van der Waals surface area contributed by atoms with Crippen molar-refractivity contribution in [1.29, 1.82) is 0 Å². The first-order valence-electron chi connectivity index (χ1n) is 7.23. The summed E-state index contributed by atoms with van der Waals surface area (Å²) in [6.45, 7) is 3.51. The summed E-state index contributed by atoms with van der Waals surface area (Å²) in [5, 5.41) is 3.83. The Hall–Kier alpha value is -2.25. The van der Waals surface area contributed by atoms with Crippen LogP contribution in [-0.4, -0.2) is 53.4 Å². The van der Waals surface area contributed by atoms with Crippen molar-refractivity contribution in [2.75, 3.05) is 14.1 Å². The van der Waals surface area contributed by atoms with E-state index in [-0.39, 0.29) is 11.6 Å². The number of carbonyl (C=O) groups is 4. The van der Waals surface area contributed by atoms with Crippen LogP contribution in [0.1, 0.15) is 39.5 Å². The van der Waals surface area contributed by atoms with Crippen LogP contribution in [0.2, 0.25) is 0 Å². The first kappa shape index (κ1) is 17.8. The van der Waals surface area contributed by atoms with Crippen molar-refractivity contribution in [2.24, 2.45) is 11.0 Å². The van der Waals surface area contributed by atoms with E-state index in [0.29, 0.717) is 6.42 Å². The lowest BCUT2D eigenvalue weighted by Crippen LogP contribution is -2.58. The summed E-state index contributed by atoms with van der Waals surface area (Å²) in [6.07, 6.45) is 3.06. The second kappa shape index (κ2) is 7.67. The first-order valence-corrected chi connectivity index (χ1v) is 7.23. The SMILES string of the molecule is CCCCCC(=O)N/N=C(\C)C1C(=O)N(C)C(=O)N(C)C1=O. The molecule has 1 aliphatic rings. The fourth-order valence-electron chi connectivity index (χ4n) is 2.07. The fraction of sp³-hybridized carbons (Fsp3) is 0.643. The highest BCUT2D eigenvalue weighted by Gasteiger charge is 2.44. The van der Waals surface area contributed by atoms with Gasteiger partial charge in [0.25, 0.3) is 0 Å². The van der Waals surface area contributed by atoms with Gasteiger partial charge in [-0.05, 0) is 13.3 Å². The standard InChI is InChI=1S/C14H22N4O4/c1-5-6-7-8-10(19)16-15-9(2)11-12(20)17(3)14(22)18(4)13(11)21/h11H,5-8H2,1-4H3,(H,16,19)/b15-9+. The maximum absolute atomic E-state index is 12.1. The smallest absolute Gasteiger partial charge is 0.273 e. The number of hydrogen-bond acceptors (Lipinski definition) is 5. The van der Waals surface area contributed by atoms with E-state index < -0.39 is 23.8 Å². The molecule has 1 N–H and O–H groups in total.